The summed E-state index contributed by atoms with van der Waals surface area (Å²) in [5, 5.41) is 10.1. The van der Waals surface area contributed by atoms with E-state index in [1.807, 2.05) is 0 Å². The van der Waals surface area contributed by atoms with Crippen LogP contribution in [0, 0.1) is 5.92 Å². The minimum Gasteiger partial charge on any atom is -0.480 e. The van der Waals surface area contributed by atoms with Crippen molar-refractivity contribution < 1.29 is 18.9 Å². The molecule has 82 valence electrons. The van der Waals surface area contributed by atoms with Gasteiger partial charge in [-0.05, 0) is 5.92 Å². The normalized spacial score (nSPS) is 14.9. The lowest BCUT2D eigenvalue weighted by Gasteiger charge is -2.14. The molecule has 2 unspecified atom stereocenters. The lowest BCUT2D eigenvalue weighted by Crippen LogP contribution is -2.36. The molecule has 0 radical (unpaired) electrons. The first kappa shape index (κ1) is 13.1. The zero-order valence-electron chi connectivity index (χ0n) is 8.44. The van der Waals surface area contributed by atoms with Gasteiger partial charge in [0.1, 0.15) is 11.0 Å². The molecule has 0 aromatic rings. The molecule has 14 heavy (non-hydrogen) atoms. The van der Waals surface area contributed by atoms with E-state index in [0.29, 0.717) is 0 Å². The van der Waals surface area contributed by atoms with E-state index in [0.717, 1.165) is 0 Å². The second kappa shape index (κ2) is 5.74. The summed E-state index contributed by atoms with van der Waals surface area (Å²) >= 11 is 0. The minimum absolute atomic E-state index is 0.252. The molecule has 6 heteroatoms. The number of hydrogen-bond donors (Lipinski definition) is 2. The van der Waals surface area contributed by atoms with Crippen molar-refractivity contribution in [3.8, 4) is 0 Å². The van der Waals surface area contributed by atoms with Crippen LogP contribution in [0.5, 0.6) is 0 Å². The third-order valence-corrected chi connectivity index (χ3v) is 3.54. The van der Waals surface area contributed by atoms with E-state index in [9.17, 15) is 13.8 Å². The molecule has 0 heterocycles. The highest BCUT2D eigenvalue weighted by Gasteiger charge is 2.29. The Hall–Kier alpha value is -0.910. The highest BCUT2D eigenvalue weighted by molar-refractivity contribution is 7.87. The van der Waals surface area contributed by atoms with Gasteiger partial charge in [0.15, 0.2) is 0 Å². The molecule has 0 spiro atoms. The highest BCUT2D eigenvalue weighted by Crippen LogP contribution is 2.09. The molecule has 0 rings (SSSR count). The minimum atomic E-state index is -1.66. The summed E-state index contributed by atoms with van der Waals surface area (Å²) in [6.07, 6.45) is 0. The second-order valence-electron chi connectivity index (χ2n) is 3.20. The van der Waals surface area contributed by atoms with E-state index >= 15 is 0 Å². The number of amides is 1. The van der Waals surface area contributed by atoms with Crippen molar-refractivity contribution in [3.63, 3.8) is 0 Å². The molecule has 0 saturated carbocycles. The topological polar surface area (TPSA) is 83.5 Å². The first-order valence-corrected chi connectivity index (χ1v) is 5.59. The van der Waals surface area contributed by atoms with Crippen molar-refractivity contribution in [1.29, 1.82) is 0 Å². The van der Waals surface area contributed by atoms with Crippen LogP contribution in [0.1, 0.15) is 13.8 Å². The summed E-state index contributed by atoms with van der Waals surface area (Å²) in [6, 6.07) is 0. The van der Waals surface area contributed by atoms with Gasteiger partial charge < -0.3 is 10.4 Å². The lowest BCUT2D eigenvalue weighted by molar-refractivity contribution is -0.137. The van der Waals surface area contributed by atoms with Gasteiger partial charge in [-0.15, -0.1) is 0 Å². The summed E-state index contributed by atoms with van der Waals surface area (Å²) in [7, 11) is -0.238. The number of aliphatic carboxylic acids is 1. The monoisotopic (exact) mass is 221 g/mol. The molecular formula is C8H15NO4S. The molecule has 0 fully saturated rings. The van der Waals surface area contributed by atoms with E-state index in [-0.39, 0.29) is 11.7 Å². The summed E-state index contributed by atoms with van der Waals surface area (Å²) in [4.78, 5) is 21.6. The van der Waals surface area contributed by atoms with Gasteiger partial charge in [-0.25, -0.2) is 0 Å². The third kappa shape index (κ3) is 3.87. The molecule has 0 aromatic heterocycles. The van der Waals surface area contributed by atoms with Crippen molar-refractivity contribution in [1.82, 2.24) is 5.32 Å². The van der Waals surface area contributed by atoms with Gasteiger partial charge in [-0.1, -0.05) is 13.8 Å². The van der Waals surface area contributed by atoms with Crippen LogP contribution in [0.4, 0.5) is 0 Å². The summed E-state index contributed by atoms with van der Waals surface area (Å²) in [6.45, 7) is 3.33. The van der Waals surface area contributed by atoms with Gasteiger partial charge in [-0.2, -0.15) is 0 Å². The molecular weight excluding hydrogens is 206 g/mol. The molecule has 0 bridgehead atoms. The Bertz CT molecular complexity index is 252. The van der Waals surface area contributed by atoms with Crippen LogP contribution in [-0.4, -0.2) is 39.2 Å². The van der Waals surface area contributed by atoms with Crippen molar-refractivity contribution >= 4 is 22.7 Å². The third-order valence-electron chi connectivity index (χ3n) is 1.68. The fourth-order valence-electron chi connectivity index (χ4n) is 0.992. The Morgan fingerprint density at radius 1 is 1.43 bits per heavy atom. The quantitative estimate of drug-likeness (QED) is 0.661. The maximum atomic E-state index is 11.5. The van der Waals surface area contributed by atoms with Crippen LogP contribution < -0.4 is 5.32 Å². The SMILES string of the molecule is CNC(=O)CS(=O)C(C(=O)O)C(C)C. The van der Waals surface area contributed by atoms with E-state index in [4.69, 9.17) is 5.11 Å². The predicted molar refractivity (Wildman–Crippen MR) is 53.3 cm³/mol. The van der Waals surface area contributed by atoms with Gasteiger partial charge in [0, 0.05) is 17.8 Å². The average molecular weight is 221 g/mol. The standard InChI is InChI=1S/C8H15NO4S/c1-5(2)7(8(11)12)14(13)4-6(10)9-3/h5,7H,4H2,1-3H3,(H,9,10)(H,11,12). The van der Waals surface area contributed by atoms with Gasteiger partial charge >= 0.3 is 5.97 Å². The fourth-order valence-corrected chi connectivity index (χ4v) is 2.41. The zero-order chi connectivity index (χ0) is 11.3. The molecule has 0 aliphatic rings. The van der Waals surface area contributed by atoms with E-state index < -0.39 is 27.9 Å². The Kier molecular flexibility index (Phi) is 5.37. The Morgan fingerprint density at radius 3 is 2.21 bits per heavy atom. The van der Waals surface area contributed by atoms with Crippen molar-refractivity contribution in [3.05, 3.63) is 0 Å². The molecule has 0 aliphatic heterocycles. The zero-order valence-corrected chi connectivity index (χ0v) is 9.26. The molecule has 2 atom stereocenters. The van der Waals surface area contributed by atoms with E-state index in [1.165, 1.54) is 7.05 Å². The number of nitrogens with one attached hydrogen (secondary N) is 1. The van der Waals surface area contributed by atoms with Crippen molar-refractivity contribution in [2.75, 3.05) is 12.8 Å². The summed E-state index contributed by atoms with van der Waals surface area (Å²) in [5.41, 5.74) is 0. The number of hydrogen-bond acceptors (Lipinski definition) is 3. The largest absolute Gasteiger partial charge is 0.480 e. The fraction of sp³-hybridized carbons (Fsp3) is 0.750. The number of carbonyl (C=O) groups is 2. The summed E-state index contributed by atoms with van der Waals surface area (Å²) in [5.74, 6) is -2.04. The molecule has 1 amide bonds. The van der Waals surface area contributed by atoms with Crippen LogP contribution in [0.15, 0.2) is 0 Å². The maximum Gasteiger partial charge on any atom is 0.319 e. The van der Waals surface area contributed by atoms with Gasteiger partial charge in [0.05, 0.1) is 0 Å². The lowest BCUT2D eigenvalue weighted by atomic mass is 10.1. The van der Waals surface area contributed by atoms with Crippen LogP contribution in [0.25, 0.3) is 0 Å². The van der Waals surface area contributed by atoms with E-state index in [1.54, 1.807) is 13.8 Å². The van der Waals surface area contributed by atoms with Crippen LogP contribution in [-0.2, 0) is 20.4 Å². The van der Waals surface area contributed by atoms with Crippen LogP contribution in [0.2, 0.25) is 0 Å². The predicted octanol–water partition coefficient (Wildman–Crippen LogP) is -0.410. The van der Waals surface area contributed by atoms with Crippen molar-refractivity contribution in [2.45, 2.75) is 19.1 Å². The number of carboxylic acid groups (broad SMARTS) is 1. The number of rotatable bonds is 5. The van der Waals surface area contributed by atoms with Crippen LogP contribution >= 0.6 is 0 Å². The Balaban J connectivity index is 4.46. The molecule has 0 aromatic carbocycles. The van der Waals surface area contributed by atoms with Crippen LogP contribution in [0.3, 0.4) is 0 Å². The highest BCUT2D eigenvalue weighted by atomic mass is 32.2. The molecule has 5 nitrogen and oxygen atoms in total. The first-order chi connectivity index (χ1) is 6.40. The van der Waals surface area contributed by atoms with Gasteiger partial charge in [0.2, 0.25) is 5.91 Å². The maximum absolute atomic E-state index is 11.5. The van der Waals surface area contributed by atoms with Gasteiger partial charge in [-0.3, -0.25) is 13.8 Å². The van der Waals surface area contributed by atoms with E-state index in [2.05, 4.69) is 5.32 Å². The molecule has 0 saturated heterocycles. The number of carbonyl (C=O) groups excluding carboxylic acids is 1. The number of carboxylic acids is 1. The smallest absolute Gasteiger partial charge is 0.319 e. The molecule has 2 N–H and O–H groups in total. The molecule has 0 aliphatic carbocycles. The van der Waals surface area contributed by atoms with Crippen molar-refractivity contribution in [2.24, 2.45) is 5.92 Å². The Morgan fingerprint density at radius 2 is 1.93 bits per heavy atom. The second-order valence-corrected chi connectivity index (χ2v) is 4.76. The summed E-state index contributed by atoms with van der Waals surface area (Å²) < 4.78 is 11.5. The first-order valence-electron chi connectivity index (χ1n) is 4.20. The average Bonchev–Trinajstić information content (AvgIpc) is 2.02. The Labute approximate surface area is 85.3 Å². The van der Waals surface area contributed by atoms with Gasteiger partial charge in [0.25, 0.3) is 0 Å².